The van der Waals surface area contributed by atoms with Gasteiger partial charge in [0.25, 0.3) is 0 Å². The number of hydrogen-bond acceptors (Lipinski definition) is 2. The van der Waals surface area contributed by atoms with Crippen LogP contribution in [0.2, 0.25) is 0 Å². The van der Waals surface area contributed by atoms with Crippen molar-refractivity contribution in [1.82, 2.24) is 9.88 Å². The lowest BCUT2D eigenvalue weighted by atomic mass is 10.1. The monoisotopic (exact) mass is 222 g/mol. The summed E-state index contributed by atoms with van der Waals surface area (Å²) in [5.74, 6) is 0.850. The number of nitrogens with zero attached hydrogens (tertiary/aromatic N) is 1. The molecule has 1 aromatic rings. The van der Waals surface area contributed by atoms with Crippen molar-refractivity contribution in [2.24, 2.45) is 5.92 Å². The summed E-state index contributed by atoms with van der Waals surface area (Å²) in [5, 5.41) is 3.58. The maximum Gasteiger partial charge on any atom is 0.122 e. The lowest BCUT2D eigenvalue weighted by molar-refractivity contribution is 0.0880. The Bertz CT molecular complexity index is 317. The fraction of sp³-hybridized carbons (Fsp3) is 0.692. The predicted octanol–water partition coefficient (Wildman–Crippen LogP) is 2.54. The van der Waals surface area contributed by atoms with E-state index in [4.69, 9.17) is 4.74 Å². The van der Waals surface area contributed by atoms with E-state index in [0.717, 1.165) is 19.1 Å². The molecular weight excluding hydrogens is 200 g/mol. The zero-order valence-electron chi connectivity index (χ0n) is 10.3. The molecule has 90 valence electrons. The fourth-order valence-corrected chi connectivity index (χ4v) is 2.13. The van der Waals surface area contributed by atoms with Crippen molar-refractivity contribution in [2.45, 2.75) is 39.5 Å². The molecule has 1 N–H and O–H groups in total. The van der Waals surface area contributed by atoms with Crippen LogP contribution in [0.15, 0.2) is 18.5 Å². The summed E-state index contributed by atoms with van der Waals surface area (Å²) in [6, 6.07) is 2.76. The highest BCUT2D eigenvalue weighted by Gasteiger charge is 2.31. The zero-order valence-corrected chi connectivity index (χ0v) is 10.3. The van der Waals surface area contributed by atoms with Crippen molar-refractivity contribution in [3.63, 3.8) is 0 Å². The summed E-state index contributed by atoms with van der Waals surface area (Å²) >= 11 is 0. The first-order chi connectivity index (χ1) is 7.85. The van der Waals surface area contributed by atoms with Crippen LogP contribution in [0, 0.1) is 5.92 Å². The van der Waals surface area contributed by atoms with E-state index in [1.807, 2.05) is 6.92 Å². The van der Waals surface area contributed by atoms with Crippen LogP contribution in [0.5, 0.6) is 0 Å². The smallest absolute Gasteiger partial charge is 0.122 e. The molecule has 3 heteroatoms. The molecule has 1 aliphatic rings. The highest BCUT2D eigenvalue weighted by atomic mass is 16.5. The molecule has 0 spiro atoms. The van der Waals surface area contributed by atoms with E-state index in [9.17, 15) is 0 Å². The van der Waals surface area contributed by atoms with Crippen LogP contribution in [-0.2, 0) is 11.5 Å². The normalized spacial score (nSPS) is 17.6. The van der Waals surface area contributed by atoms with Gasteiger partial charge in [0.2, 0.25) is 0 Å². The SMILES string of the molecule is CCNC(c1ccn(COCC)c1)C1CC1. The molecule has 1 fully saturated rings. The van der Waals surface area contributed by atoms with Gasteiger partial charge in [-0.2, -0.15) is 0 Å². The van der Waals surface area contributed by atoms with Gasteiger partial charge < -0.3 is 14.6 Å². The Morgan fingerprint density at radius 1 is 1.50 bits per heavy atom. The zero-order chi connectivity index (χ0) is 11.4. The average Bonchev–Trinajstić information content (AvgIpc) is 3.02. The van der Waals surface area contributed by atoms with Crippen LogP contribution < -0.4 is 5.32 Å². The Morgan fingerprint density at radius 3 is 2.94 bits per heavy atom. The fourth-order valence-electron chi connectivity index (χ4n) is 2.13. The summed E-state index contributed by atoms with van der Waals surface area (Å²) in [5.41, 5.74) is 1.41. The summed E-state index contributed by atoms with van der Waals surface area (Å²) in [4.78, 5) is 0. The molecule has 1 heterocycles. The maximum absolute atomic E-state index is 5.39. The second kappa shape index (κ2) is 5.51. The van der Waals surface area contributed by atoms with Gasteiger partial charge >= 0.3 is 0 Å². The lowest BCUT2D eigenvalue weighted by Gasteiger charge is -2.15. The molecule has 2 rings (SSSR count). The van der Waals surface area contributed by atoms with Gasteiger partial charge in [-0.3, -0.25) is 0 Å². The minimum atomic E-state index is 0.549. The van der Waals surface area contributed by atoms with Crippen molar-refractivity contribution >= 4 is 0 Å². The Kier molecular flexibility index (Phi) is 4.02. The van der Waals surface area contributed by atoms with Gasteiger partial charge in [-0.05, 0) is 43.9 Å². The third kappa shape index (κ3) is 2.86. The highest BCUT2D eigenvalue weighted by molar-refractivity contribution is 5.18. The van der Waals surface area contributed by atoms with Crippen molar-refractivity contribution in [3.8, 4) is 0 Å². The van der Waals surface area contributed by atoms with Gasteiger partial charge in [-0.1, -0.05) is 6.92 Å². The van der Waals surface area contributed by atoms with Crippen LogP contribution >= 0.6 is 0 Å². The highest BCUT2D eigenvalue weighted by Crippen LogP contribution is 2.40. The molecule has 0 aromatic carbocycles. The van der Waals surface area contributed by atoms with Crippen molar-refractivity contribution in [1.29, 1.82) is 0 Å². The van der Waals surface area contributed by atoms with E-state index in [2.05, 4.69) is 35.3 Å². The van der Waals surface area contributed by atoms with E-state index < -0.39 is 0 Å². The Morgan fingerprint density at radius 2 is 2.31 bits per heavy atom. The van der Waals surface area contributed by atoms with Crippen LogP contribution in [0.25, 0.3) is 0 Å². The molecule has 3 nitrogen and oxygen atoms in total. The van der Waals surface area contributed by atoms with Gasteiger partial charge in [0, 0.05) is 25.0 Å². The maximum atomic E-state index is 5.39. The third-order valence-corrected chi connectivity index (χ3v) is 3.09. The molecule has 0 radical (unpaired) electrons. The summed E-state index contributed by atoms with van der Waals surface area (Å²) in [6.07, 6.45) is 7.06. The van der Waals surface area contributed by atoms with Gasteiger partial charge in [-0.15, -0.1) is 0 Å². The van der Waals surface area contributed by atoms with Gasteiger partial charge in [0.05, 0.1) is 0 Å². The summed E-state index contributed by atoms with van der Waals surface area (Å²) in [7, 11) is 0. The first-order valence-corrected chi connectivity index (χ1v) is 6.32. The molecule has 1 saturated carbocycles. The molecule has 16 heavy (non-hydrogen) atoms. The number of rotatable bonds is 7. The van der Waals surface area contributed by atoms with Crippen LogP contribution in [-0.4, -0.2) is 17.7 Å². The van der Waals surface area contributed by atoms with Gasteiger partial charge in [0.15, 0.2) is 0 Å². The molecular formula is C13H22N2O. The molecule has 1 aliphatic carbocycles. The number of aromatic nitrogens is 1. The molecule has 0 bridgehead atoms. The third-order valence-electron chi connectivity index (χ3n) is 3.09. The Balaban J connectivity index is 1.97. The topological polar surface area (TPSA) is 26.2 Å². The second-order valence-corrected chi connectivity index (χ2v) is 4.45. The number of ether oxygens (including phenoxy) is 1. The standard InChI is InChI=1S/C13H22N2O/c1-3-14-13(11-5-6-11)12-7-8-15(9-12)10-16-4-2/h7-9,11,13-14H,3-6,10H2,1-2H3. The first-order valence-electron chi connectivity index (χ1n) is 6.32. The number of hydrogen-bond donors (Lipinski definition) is 1. The van der Waals surface area contributed by atoms with Gasteiger partial charge in [0.1, 0.15) is 6.73 Å². The molecule has 1 atom stereocenters. The van der Waals surface area contributed by atoms with Crippen molar-refractivity contribution in [2.75, 3.05) is 13.2 Å². The largest absolute Gasteiger partial charge is 0.361 e. The lowest BCUT2D eigenvalue weighted by Crippen LogP contribution is -2.22. The van der Waals surface area contributed by atoms with E-state index in [1.54, 1.807) is 0 Å². The van der Waals surface area contributed by atoms with E-state index >= 15 is 0 Å². The minimum Gasteiger partial charge on any atom is -0.361 e. The van der Waals surface area contributed by atoms with E-state index in [-0.39, 0.29) is 0 Å². The Labute approximate surface area is 97.8 Å². The molecule has 1 unspecified atom stereocenters. The quantitative estimate of drug-likeness (QED) is 0.767. The molecule has 1 aromatic heterocycles. The van der Waals surface area contributed by atoms with Crippen LogP contribution in [0.1, 0.15) is 38.3 Å². The Hall–Kier alpha value is -0.800. The van der Waals surface area contributed by atoms with E-state index in [0.29, 0.717) is 12.8 Å². The van der Waals surface area contributed by atoms with Crippen LogP contribution in [0.4, 0.5) is 0 Å². The summed E-state index contributed by atoms with van der Waals surface area (Å²) in [6.45, 7) is 6.67. The van der Waals surface area contributed by atoms with Crippen molar-refractivity contribution < 1.29 is 4.74 Å². The average molecular weight is 222 g/mol. The van der Waals surface area contributed by atoms with Crippen LogP contribution in [0.3, 0.4) is 0 Å². The molecule has 0 aliphatic heterocycles. The number of nitrogens with one attached hydrogen (secondary N) is 1. The van der Waals surface area contributed by atoms with Gasteiger partial charge in [-0.25, -0.2) is 0 Å². The minimum absolute atomic E-state index is 0.549. The predicted molar refractivity (Wildman–Crippen MR) is 65.2 cm³/mol. The molecule has 0 amide bonds. The van der Waals surface area contributed by atoms with Crippen molar-refractivity contribution in [3.05, 3.63) is 24.0 Å². The second-order valence-electron chi connectivity index (χ2n) is 4.45. The summed E-state index contributed by atoms with van der Waals surface area (Å²) < 4.78 is 7.51. The van der Waals surface area contributed by atoms with E-state index in [1.165, 1.54) is 18.4 Å². The molecule has 0 saturated heterocycles. The first kappa shape index (κ1) is 11.7.